The van der Waals surface area contributed by atoms with E-state index in [4.69, 9.17) is 0 Å². The molecule has 0 spiro atoms. The molecule has 3 rings (SSSR count). The van der Waals surface area contributed by atoms with E-state index < -0.39 is 0 Å². The Labute approximate surface area is 121 Å². The molecule has 0 aliphatic carbocycles. The minimum atomic E-state index is -0.0273. The van der Waals surface area contributed by atoms with Crippen molar-refractivity contribution < 1.29 is 4.79 Å². The van der Waals surface area contributed by atoms with Crippen molar-refractivity contribution in [2.75, 3.05) is 13.1 Å². The third kappa shape index (κ3) is 2.73. The molecule has 0 bridgehead atoms. The van der Waals surface area contributed by atoms with Crippen LogP contribution >= 0.6 is 0 Å². The third-order valence-electron chi connectivity index (χ3n) is 4.79. The summed E-state index contributed by atoms with van der Waals surface area (Å²) in [6.45, 7) is 4.94. The topological polar surface area (TPSA) is 32.3 Å². The molecule has 20 heavy (non-hydrogen) atoms. The Hall–Kier alpha value is -1.35. The van der Waals surface area contributed by atoms with Crippen molar-refractivity contribution in [3.8, 4) is 0 Å². The second-order valence-corrected chi connectivity index (χ2v) is 6.11. The van der Waals surface area contributed by atoms with Gasteiger partial charge in [-0.25, -0.2) is 0 Å². The van der Waals surface area contributed by atoms with Crippen LogP contribution in [-0.2, 0) is 17.8 Å². The van der Waals surface area contributed by atoms with Crippen LogP contribution in [-0.4, -0.2) is 29.9 Å². The fourth-order valence-corrected chi connectivity index (χ4v) is 3.45. The Morgan fingerprint density at radius 1 is 1.35 bits per heavy atom. The standard InChI is InChI=1S/C17H24N2O/c1-2-13-6-5-9-19(12-13)17(20)16-10-14-7-3-4-8-15(14)11-18-16/h3-4,7-8,13,16,18H,2,5-6,9-12H2,1H3. The van der Waals surface area contributed by atoms with E-state index in [0.717, 1.165) is 32.5 Å². The van der Waals surface area contributed by atoms with Gasteiger partial charge >= 0.3 is 0 Å². The van der Waals surface area contributed by atoms with Gasteiger partial charge < -0.3 is 10.2 Å². The summed E-state index contributed by atoms with van der Waals surface area (Å²) in [4.78, 5) is 14.8. The quantitative estimate of drug-likeness (QED) is 0.896. The van der Waals surface area contributed by atoms with Crippen LogP contribution in [0.4, 0.5) is 0 Å². The second kappa shape index (κ2) is 5.96. The molecule has 1 saturated heterocycles. The van der Waals surface area contributed by atoms with E-state index in [-0.39, 0.29) is 6.04 Å². The third-order valence-corrected chi connectivity index (χ3v) is 4.79. The van der Waals surface area contributed by atoms with Gasteiger partial charge in [-0.15, -0.1) is 0 Å². The highest BCUT2D eigenvalue weighted by Crippen LogP contribution is 2.22. The first-order valence-corrected chi connectivity index (χ1v) is 7.87. The van der Waals surface area contributed by atoms with Crippen molar-refractivity contribution in [2.24, 2.45) is 5.92 Å². The van der Waals surface area contributed by atoms with Crippen molar-refractivity contribution in [1.29, 1.82) is 0 Å². The summed E-state index contributed by atoms with van der Waals surface area (Å²) < 4.78 is 0. The van der Waals surface area contributed by atoms with Crippen LogP contribution in [0.2, 0.25) is 0 Å². The molecule has 1 amide bonds. The summed E-state index contributed by atoms with van der Waals surface area (Å²) >= 11 is 0. The Balaban J connectivity index is 1.67. The predicted molar refractivity (Wildman–Crippen MR) is 80.4 cm³/mol. The molecule has 2 atom stereocenters. The summed E-state index contributed by atoms with van der Waals surface area (Å²) in [6, 6.07) is 8.41. The fourth-order valence-electron chi connectivity index (χ4n) is 3.45. The molecular formula is C17H24N2O. The van der Waals surface area contributed by atoms with Gasteiger partial charge in [-0.3, -0.25) is 4.79 Å². The normalized spacial score (nSPS) is 26.1. The smallest absolute Gasteiger partial charge is 0.240 e. The number of piperidine rings is 1. The number of benzene rings is 1. The Bertz CT molecular complexity index is 486. The van der Waals surface area contributed by atoms with E-state index in [2.05, 4.69) is 41.4 Å². The zero-order valence-corrected chi connectivity index (χ0v) is 12.3. The van der Waals surface area contributed by atoms with Crippen LogP contribution in [0.25, 0.3) is 0 Å². The number of hydrogen-bond donors (Lipinski definition) is 1. The van der Waals surface area contributed by atoms with Crippen LogP contribution in [0.5, 0.6) is 0 Å². The minimum Gasteiger partial charge on any atom is -0.341 e. The maximum atomic E-state index is 12.7. The van der Waals surface area contributed by atoms with E-state index in [1.54, 1.807) is 0 Å². The number of likely N-dealkylation sites (tertiary alicyclic amines) is 1. The van der Waals surface area contributed by atoms with Crippen molar-refractivity contribution in [2.45, 2.75) is 45.2 Å². The first kappa shape index (κ1) is 13.6. The summed E-state index contributed by atoms with van der Waals surface area (Å²) in [7, 11) is 0. The molecule has 2 heterocycles. The van der Waals surface area contributed by atoms with Crippen LogP contribution in [0.15, 0.2) is 24.3 Å². The number of hydrogen-bond acceptors (Lipinski definition) is 2. The van der Waals surface area contributed by atoms with Crippen LogP contribution in [0.3, 0.4) is 0 Å². The number of carbonyl (C=O) groups is 1. The van der Waals surface area contributed by atoms with E-state index in [1.807, 2.05) is 0 Å². The highest BCUT2D eigenvalue weighted by molar-refractivity contribution is 5.82. The first-order valence-electron chi connectivity index (χ1n) is 7.87. The maximum Gasteiger partial charge on any atom is 0.240 e. The number of nitrogens with one attached hydrogen (secondary N) is 1. The van der Waals surface area contributed by atoms with Gasteiger partial charge in [-0.05, 0) is 36.3 Å². The van der Waals surface area contributed by atoms with Gasteiger partial charge in [0.1, 0.15) is 0 Å². The molecular weight excluding hydrogens is 248 g/mol. The molecule has 1 fully saturated rings. The molecule has 3 nitrogen and oxygen atoms in total. The number of fused-ring (bicyclic) bond motifs is 1. The number of nitrogens with zero attached hydrogens (tertiary/aromatic N) is 1. The van der Waals surface area contributed by atoms with Gasteiger partial charge in [-0.2, -0.15) is 0 Å². The van der Waals surface area contributed by atoms with Crippen molar-refractivity contribution in [1.82, 2.24) is 10.2 Å². The molecule has 1 aromatic carbocycles. The van der Waals surface area contributed by atoms with Gasteiger partial charge in [0.2, 0.25) is 5.91 Å². The van der Waals surface area contributed by atoms with Gasteiger partial charge in [-0.1, -0.05) is 37.6 Å². The van der Waals surface area contributed by atoms with Gasteiger partial charge in [0, 0.05) is 19.6 Å². The molecule has 1 N–H and O–H groups in total. The number of rotatable bonds is 2. The SMILES string of the molecule is CCC1CCCN(C(=O)C2Cc3ccccc3CN2)C1. The van der Waals surface area contributed by atoms with Crippen molar-refractivity contribution in [3.05, 3.63) is 35.4 Å². The van der Waals surface area contributed by atoms with Gasteiger partial charge in [0.05, 0.1) is 6.04 Å². The zero-order valence-electron chi connectivity index (χ0n) is 12.3. The molecule has 1 aromatic rings. The Morgan fingerprint density at radius 3 is 2.95 bits per heavy atom. The molecule has 3 heteroatoms. The average molecular weight is 272 g/mol. The van der Waals surface area contributed by atoms with E-state index in [1.165, 1.54) is 24.0 Å². The van der Waals surface area contributed by atoms with Crippen LogP contribution in [0.1, 0.15) is 37.3 Å². The fraction of sp³-hybridized carbons (Fsp3) is 0.588. The molecule has 0 aromatic heterocycles. The molecule has 2 aliphatic heterocycles. The maximum absolute atomic E-state index is 12.7. The van der Waals surface area contributed by atoms with Crippen molar-refractivity contribution >= 4 is 5.91 Å². The summed E-state index contributed by atoms with van der Waals surface area (Å²) in [5.41, 5.74) is 2.66. The molecule has 2 unspecified atom stereocenters. The Morgan fingerprint density at radius 2 is 2.15 bits per heavy atom. The zero-order chi connectivity index (χ0) is 13.9. The highest BCUT2D eigenvalue weighted by Gasteiger charge is 2.30. The van der Waals surface area contributed by atoms with E-state index >= 15 is 0 Å². The molecule has 108 valence electrons. The first-order chi connectivity index (χ1) is 9.78. The van der Waals surface area contributed by atoms with Crippen molar-refractivity contribution in [3.63, 3.8) is 0 Å². The lowest BCUT2D eigenvalue weighted by Gasteiger charge is -2.36. The lowest BCUT2D eigenvalue weighted by Crippen LogP contribution is -2.52. The second-order valence-electron chi connectivity index (χ2n) is 6.11. The van der Waals surface area contributed by atoms with E-state index in [9.17, 15) is 4.79 Å². The monoisotopic (exact) mass is 272 g/mol. The average Bonchev–Trinajstić information content (AvgIpc) is 2.53. The summed E-state index contributed by atoms with van der Waals surface area (Å²) in [5, 5.41) is 3.41. The largest absolute Gasteiger partial charge is 0.341 e. The molecule has 0 saturated carbocycles. The lowest BCUT2D eigenvalue weighted by molar-refractivity contribution is -0.135. The van der Waals surface area contributed by atoms with Crippen LogP contribution in [0, 0.1) is 5.92 Å². The van der Waals surface area contributed by atoms with Gasteiger partial charge in [0.15, 0.2) is 0 Å². The highest BCUT2D eigenvalue weighted by atomic mass is 16.2. The van der Waals surface area contributed by atoms with E-state index in [0.29, 0.717) is 11.8 Å². The number of amides is 1. The van der Waals surface area contributed by atoms with Gasteiger partial charge in [0.25, 0.3) is 0 Å². The summed E-state index contributed by atoms with van der Waals surface area (Å²) in [6.07, 6.45) is 4.46. The minimum absolute atomic E-state index is 0.0273. The summed E-state index contributed by atoms with van der Waals surface area (Å²) in [5.74, 6) is 1.00. The Kier molecular flexibility index (Phi) is 4.06. The lowest BCUT2D eigenvalue weighted by atomic mass is 9.92. The predicted octanol–water partition coefficient (Wildman–Crippen LogP) is 2.35. The molecule has 2 aliphatic rings. The molecule has 0 radical (unpaired) electrons. The van der Waals surface area contributed by atoms with Crippen LogP contribution < -0.4 is 5.32 Å². The number of carbonyl (C=O) groups excluding carboxylic acids is 1.